The van der Waals surface area contributed by atoms with Crippen molar-refractivity contribution in [2.24, 2.45) is 0 Å². The Morgan fingerprint density at radius 1 is 1.25 bits per heavy atom. The lowest BCUT2D eigenvalue weighted by molar-refractivity contribution is -0.138. The molecular weight excluding hydrogens is 394 g/mol. The zero-order chi connectivity index (χ0) is 19.5. The van der Waals surface area contributed by atoms with Crippen LogP contribution < -0.4 is 0 Å². The molecule has 0 radical (unpaired) electrons. The molecule has 2 aliphatic rings. The normalized spacial score (nSPS) is 21.6. The number of nitrogens with zero attached hydrogens (tertiary/aromatic N) is 3. The highest BCUT2D eigenvalue weighted by Gasteiger charge is 2.38. The number of carbonyl (C=O) groups is 3. The fraction of sp³-hybridized carbons (Fsp3) is 0.300. The van der Waals surface area contributed by atoms with E-state index in [9.17, 15) is 14.4 Å². The fourth-order valence-corrected chi connectivity index (χ4v) is 5.08. The molecule has 2 fully saturated rings. The van der Waals surface area contributed by atoms with Crippen LogP contribution in [-0.4, -0.2) is 44.9 Å². The third-order valence-corrected chi connectivity index (χ3v) is 6.60. The number of pyridine rings is 1. The van der Waals surface area contributed by atoms with E-state index in [1.165, 1.54) is 11.3 Å². The van der Waals surface area contributed by atoms with Crippen LogP contribution >= 0.6 is 23.1 Å². The Morgan fingerprint density at radius 2 is 2.14 bits per heavy atom. The molecule has 4 heterocycles. The van der Waals surface area contributed by atoms with Crippen LogP contribution in [0.15, 0.2) is 46.9 Å². The first kappa shape index (κ1) is 18.9. The molecule has 1 atom stereocenters. The van der Waals surface area contributed by atoms with Gasteiger partial charge in [0.25, 0.3) is 11.1 Å². The number of likely N-dealkylation sites (tertiary alicyclic amines) is 1. The number of amides is 3. The Labute approximate surface area is 171 Å². The second-order valence-electron chi connectivity index (χ2n) is 6.67. The smallest absolute Gasteiger partial charge is 0.294 e. The molecule has 2 saturated heterocycles. The highest BCUT2D eigenvalue weighted by molar-refractivity contribution is 8.18. The van der Waals surface area contributed by atoms with E-state index in [-0.39, 0.29) is 18.5 Å². The number of carbonyl (C=O) groups excluding carboxylic acids is 3. The summed E-state index contributed by atoms with van der Waals surface area (Å²) in [6, 6.07) is 7.54. The first-order valence-corrected chi connectivity index (χ1v) is 10.8. The van der Waals surface area contributed by atoms with E-state index in [0.717, 1.165) is 46.4 Å². The molecule has 28 heavy (non-hydrogen) atoms. The topological polar surface area (TPSA) is 70.6 Å². The molecule has 2 aliphatic heterocycles. The van der Waals surface area contributed by atoms with E-state index < -0.39 is 11.1 Å². The maximum Gasteiger partial charge on any atom is 0.294 e. The molecule has 2 aromatic rings. The van der Waals surface area contributed by atoms with E-state index in [4.69, 9.17) is 0 Å². The number of aromatic nitrogens is 1. The van der Waals surface area contributed by atoms with Crippen LogP contribution in [0.4, 0.5) is 4.79 Å². The highest BCUT2D eigenvalue weighted by Crippen LogP contribution is 2.34. The molecule has 0 bridgehead atoms. The van der Waals surface area contributed by atoms with Crippen LogP contribution in [0.1, 0.15) is 35.7 Å². The molecule has 0 spiro atoms. The summed E-state index contributed by atoms with van der Waals surface area (Å²) in [5.74, 6) is -0.597. The van der Waals surface area contributed by atoms with E-state index in [0.29, 0.717) is 11.4 Å². The molecule has 0 aromatic carbocycles. The maximum atomic E-state index is 13.0. The van der Waals surface area contributed by atoms with E-state index in [1.54, 1.807) is 23.4 Å². The minimum absolute atomic E-state index is 0.0588. The van der Waals surface area contributed by atoms with E-state index >= 15 is 0 Å². The largest absolute Gasteiger partial charge is 0.334 e. The molecular formula is C20H19N3O3S2. The summed E-state index contributed by atoms with van der Waals surface area (Å²) in [4.78, 5) is 46.3. The molecule has 0 N–H and O–H groups in total. The van der Waals surface area contributed by atoms with Crippen molar-refractivity contribution in [1.29, 1.82) is 0 Å². The van der Waals surface area contributed by atoms with Crippen molar-refractivity contribution in [3.63, 3.8) is 0 Å². The molecule has 1 unspecified atom stereocenters. The van der Waals surface area contributed by atoms with Crippen molar-refractivity contribution >= 4 is 46.2 Å². The van der Waals surface area contributed by atoms with Gasteiger partial charge in [0.1, 0.15) is 6.54 Å². The Hall–Kier alpha value is -2.45. The van der Waals surface area contributed by atoms with Gasteiger partial charge in [0.15, 0.2) is 0 Å². The average Bonchev–Trinajstić information content (AvgIpc) is 3.33. The molecule has 6 nitrogen and oxygen atoms in total. The minimum Gasteiger partial charge on any atom is -0.334 e. The average molecular weight is 414 g/mol. The van der Waals surface area contributed by atoms with Crippen LogP contribution in [0.3, 0.4) is 0 Å². The predicted molar refractivity (Wildman–Crippen MR) is 110 cm³/mol. The number of imide groups is 1. The minimum atomic E-state index is -0.397. The lowest BCUT2D eigenvalue weighted by atomic mass is 9.96. The summed E-state index contributed by atoms with van der Waals surface area (Å²) in [5, 5.41) is 1.52. The Bertz CT molecular complexity index is 912. The SMILES string of the molecule is O=C1SC(=Cc2cccs2)C(=O)N1CC(=O)N1CCCCC1c1cccnc1. The van der Waals surface area contributed by atoms with Crippen LogP contribution in [0.2, 0.25) is 0 Å². The van der Waals surface area contributed by atoms with Crippen LogP contribution in [0.5, 0.6) is 0 Å². The molecule has 8 heteroatoms. The number of piperidine rings is 1. The first-order chi connectivity index (χ1) is 13.6. The second-order valence-corrected chi connectivity index (χ2v) is 8.64. The fourth-order valence-electron chi connectivity index (χ4n) is 3.51. The Kier molecular flexibility index (Phi) is 5.59. The molecule has 4 rings (SSSR count). The summed E-state index contributed by atoms with van der Waals surface area (Å²) in [5.41, 5.74) is 0.988. The number of hydrogen-bond acceptors (Lipinski definition) is 6. The van der Waals surface area contributed by atoms with Gasteiger partial charge in [-0.05, 0) is 60.2 Å². The van der Waals surface area contributed by atoms with E-state index in [2.05, 4.69) is 4.98 Å². The first-order valence-electron chi connectivity index (χ1n) is 9.12. The van der Waals surface area contributed by atoms with Crippen molar-refractivity contribution < 1.29 is 14.4 Å². The van der Waals surface area contributed by atoms with Gasteiger partial charge < -0.3 is 4.90 Å². The number of thiophene rings is 1. The molecule has 144 valence electrons. The van der Waals surface area contributed by atoms with Crippen molar-refractivity contribution in [1.82, 2.24) is 14.8 Å². The Balaban J connectivity index is 1.49. The van der Waals surface area contributed by atoms with E-state index in [1.807, 2.05) is 29.6 Å². The van der Waals surface area contributed by atoms with Crippen molar-refractivity contribution in [2.75, 3.05) is 13.1 Å². The zero-order valence-corrected chi connectivity index (χ0v) is 16.7. The monoisotopic (exact) mass is 413 g/mol. The summed E-state index contributed by atoms with van der Waals surface area (Å²) in [7, 11) is 0. The van der Waals surface area contributed by atoms with Gasteiger partial charge in [-0.3, -0.25) is 24.3 Å². The number of rotatable bonds is 4. The number of hydrogen-bond donors (Lipinski definition) is 0. The van der Waals surface area contributed by atoms with Crippen LogP contribution in [-0.2, 0) is 9.59 Å². The lowest BCUT2D eigenvalue weighted by Gasteiger charge is -2.36. The zero-order valence-electron chi connectivity index (χ0n) is 15.1. The predicted octanol–water partition coefficient (Wildman–Crippen LogP) is 3.93. The van der Waals surface area contributed by atoms with Gasteiger partial charge in [-0.1, -0.05) is 12.1 Å². The van der Waals surface area contributed by atoms with Gasteiger partial charge in [-0.15, -0.1) is 11.3 Å². The third kappa shape index (κ3) is 3.88. The maximum absolute atomic E-state index is 13.0. The molecule has 0 saturated carbocycles. The highest BCUT2D eigenvalue weighted by atomic mass is 32.2. The number of thioether (sulfide) groups is 1. The van der Waals surface area contributed by atoms with Gasteiger partial charge in [0.05, 0.1) is 10.9 Å². The van der Waals surface area contributed by atoms with Crippen molar-refractivity contribution in [3.05, 3.63) is 57.4 Å². The quantitative estimate of drug-likeness (QED) is 0.710. The second kappa shape index (κ2) is 8.28. The van der Waals surface area contributed by atoms with Gasteiger partial charge in [-0.2, -0.15) is 0 Å². The van der Waals surface area contributed by atoms with Crippen molar-refractivity contribution in [3.8, 4) is 0 Å². The van der Waals surface area contributed by atoms with Crippen LogP contribution in [0.25, 0.3) is 6.08 Å². The van der Waals surface area contributed by atoms with Gasteiger partial charge >= 0.3 is 0 Å². The molecule has 2 aromatic heterocycles. The van der Waals surface area contributed by atoms with Crippen molar-refractivity contribution in [2.45, 2.75) is 25.3 Å². The molecule has 3 amide bonds. The van der Waals surface area contributed by atoms with Gasteiger partial charge in [0, 0.05) is 23.8 Å². The van der Waals surface area contributed by atoms with Crippen LogP contribution in [0, 0.1) is 0 Å². The van der Waals surface area contributed by atoms with Gasteiger partial charge in [-0.25, -0.2) is 0 Å². The summed E-state index contributed by atoms with van der Waals surface area (Å²) in [6.45, 7) is 0.406. The standard InChI is InChI=1S/C20H19N3O3S2/c24-18(22-9-2-1-7-16(22)14-5-3-8-21-12-14)13-23-19(25)17(28-20(23)26)11-15-6-4-10-27-15/h3-6,8,10-12,16H,1-2,7,9,13H2. The lowest BCUT2D eigenvalue weighted by Crippen LogP contribution is -2.45. The van der Waals surface area contributed by atoms with Gasteiger partial charge in [0.2, 0.25) is 5.91 Å². The summed E-state index contributed by atoms with van der Waals surface area (Å²) >= 11 is 2.39. The third-order valence-electron chi connectivity index (χ3n) is 4.88. The summed E-state index contributed by atoms with van der Waals surface area (Å²) in [6.07, 6.45) is 8.01. The summed E-state index contributed by atoms with van der Waals surface area (Å²) < 4.78 is 0. The Morgan fingerprint density at radius 3 is 2.89 bits per heavy atom. The molecule has 0 aliphatic carbocycles.